The highest BCUT2D eigenvalue weighted by Gasteiger charge is 2.20. The lowest BCUT2D eigenvalue weighted by molar-refractivity contribution is 0.623. The van der Waals surface area contributed by atoms with Gasteiger partial charge < -0.3 is 13.9 Å². The Morgan fingerprint density at radius 1 is 0.511 bits per heavy atom. The molecule has 0 radical (unpaired) electrons. The van der Waals surface area contributed by atoms with Crippen LogP contribution in [0, 0.1) is 0 Å². The van der Waals surface area contributed by atoms with Crippen molar-refractivity contribution in [2.75, 3.05) is 4.90 Å². The van der Waals surface area contributed by atoms with Crippen molar-refractivity contribution in [3.63, 3.8) is 0 Å². The summed E-state index contributed by atoms with van der Waals surface area (Å²) in [4.78, 5) is 7.19. The van der Waals surface area contributed by atoms with E-state index in [2.05, 4.69) is 137 Å². The Balaban J connectivity index is 1.24. The zero-order valence-electron chi connectivity index (χ0n) is 24.3. The van der Waals surface area contributed by atoms with E-state index in [1.165, 1.54) is 21.8 Å². The van der Waals surface area contributed by atoms with Crippen molar-refractivity contribution in [2.45, 2.75) is 0 Å². The van der Waals surface area contributed by atoms with Crippen LogP contribution in [0.2, 0.25) is 0 Å². The topological polar surface area (TPSA) is 34.2 Å². The van der Waals surface area contributed by atoms with E-state index >= 15 is 0 Å². The lowest BCUT2D eigenvalue weighted by Gasteiger charge is -2.27. The van der Waals surface area contributed by atoms with Crippen molar-refractivity contribution in [2.24, 2.45) is 0 Å². The van der Waals surface area contributed by atoms with Gasteiger partial charge in [0, 0.05) is 33.4 Å². The summed E-state index contributed by atoms with van der Waals surface area (Å²) in [5.74, 6) is 0.620. The fourth-order valence-corrected chi connectivity index (χ4v) is 6.58. The van der Waals surface area contributed by atoms with E-state index in [1.807, 2.05) is 36.4 Å². The third kappa shape index (κ3) is 4.11. The minimum atomic E-state index is 0.620. The Labute approximate surface area is 260 Å². The van der Waals surface area contributed by atoms with Gasteiger partial charge in [-0.1, -0.05) is 91.0 Å². The van der Waals surface area contributed by atoms with E-state index < -0.39 is 0 Å². The van der Waals surface area contributed by atoms with Crippen LogP contribution in [0.4, 0.5) is 17.1 Å². The van der Waals surface area contributed by atoms with Crippen LogP contribution < -0.4 is 4.90 Å². The van der Waals surface area contributed by atoms with Crippen LogP contribution in [0.3, 0.4) is 0 Å². The standard InChI is InChI=1S/C41H27N3O/c1-3-12-29(13-4-1)41-42-35-27-22-28-14-11-21-38(39(28)40(35)45-41)43(30-15-5-2-6-16-30)31-23-25-32(26-24-31)44-36-19-9-7-17-33(36)34-18-8-10-20-37(34)44/h1-27H. The third-order valence-electron chi connectivity index (χ3n) is 8.60. The molecule has 0 atom stereocenters. The highest BCUT2D eigenvalue weighted by molar-refractivity contribution is 6.12. The van der Waals surface area contributed by atoms with E-state index in [9.17, 15) is 0 Å². The summed E-state index contributed by atoms with van der Waals surface area (Å²) in [6, 6.07) is 57.3. The first-order valence-corrected chi connectivity index (χ1v) is 15.1. The maximum absolute atomic E-state index is 6.54. The van der Waals surface area contributed by atoms with E-state index in [1.54, 1.807) is 0 Å². The molecular weight excluding hydrogens is 550 g/mol. The van der Waals surface area contributed by atoms with Gasteiger partial charge in [0.25, 0.3) is 0 Å². The molecule has 0 saturated carbocycles. The molecule has 0 bridgehead atoms. The van der Waals surface area contributed by atoms with Gasteiger partial charge >= 0.3 is 0 Å². The summed E-state index contributed by atoms with van der Waals surface area (Å²) in [6.45, 7) is 0. The number of oxazole rings is 1. The molecular formula is C41H27N3O. The summed E-state index contributed by atoms with van der Waals surface area (Å²) < 4.78 is 8.89. The second-order valence-corrected chi connectivity index (χ2v) is 11.2. The highest BCUT2D eigenvalue weighted by Crippen LogP contribution is 2.43. The number of para-hydroxylation sites is 3. The summed E-state index contributed by atoms with van der Waals surface area (Å²) in [7, 11) is 0. The average molecular weight is 578 g/mol. The predicted octanol–water partition coefficient (Wildman–Crippen LogP) is 11.2. The zero-order chi connectivity index (χ0) is 29.7. The second kappa shape index (κ2) is 10.2. The molecule has 4 heteroatoms. The van der Waals surface area contributed by atoms with Gasteiger partial charge in [-0.2, -0.15) is 0 Å². The van der Waals surface area contributed by atoms with Crippen molar-refractivity contribution in [1.29, 1.82) is 0 Å². The minimum absolute atomic E-state index is 0.620. The summed E-state index contributed by atoms with van der Waals surface area (Å²) in [5.41, 5.74) is 9.24. The average Bonchev–Trinajstić information content (AvgIpc) is 3.70. The Bertz CT molecular complexity index is 2420. The Morgan fingerprint density at radius 3 is 1.84 bits per heavy atom. The molecule has 4 nitrogen and oxygen atoms in total. The van der Waals surface area contributed by atoms with Gasteiger partial charge in [0.1, 0.15) is 5.52 Å². The molecule has 2 heterocycles. The first kappa shape index (κ1) is 25.4. The number of hydrogen-bond donors (Lipinski definition) is 0. The molecule has 9 rings (SSSR count). The van der Waals surface area contributed by atoms with E-state index in [0.29, 0.717) is 5.89 Å². The number of hydrogen-bond acceptors (Lipinski definition) is 3. The van der Waals surface area contributed by atoms with Crippen LogP contribution in [0.15, 0.2) is 168 Å². The Morgan fingerprint density at radius 2 is 1.13 bits per heavy atom. The minimum Gasteiger partial charge on any atom is -0.435 e. The number of benzene rings is 7. The van der Waals surface area contributed by atoms with Gasteiger partial charge in [-0.05, 0) is 78.2 Å². The van der Waals surface area contributed by atoms with E-state index in [0.717, 1.165) is 50.2 Å². The molecule has 7 aromatic carbocycles. The molecule has 0 saturated heterocycles. The van der Waals surface area contributed by atoms with Gasteiger partial charge in [0.05, 0.1) is 22.1 Å². The van der Waals surface area contributed by atoms with Crippen LogP contribution in [0.25, 0.3) is 60.8 Å². The fourth-order valence-electron chi connectivity index (χ4n) is 6.58. The molecule has 0 spiro atoms. The monoisotopic (exact) mass is 577 g/mol. The van der Waals surface area contributed by atoms with Crippen LogP contribution >= 0.6 is 0 Å². The molecule has 2 aromatic heterocycles. The zero-order valence-corrected chi connectivity index (χ0v) is 24.3. The van der Waals surface area contributed by atoms with Crippen LogP contribution in [0.1, 0.15) is 0 Å². The van der Waals surface area contributed by atoms with E-state index in [-0.39, 0.29) is 0 Å². The van der Waals surface area contributed by atoms with Gasteiger partial charge in [-0.15, -0.1) is 0 Å². The smallest absolute Gasteiger partial charge is 0.227 e. The van der Waals surface area contributed by atoms with Crippen molar-refractivity contribution in [3.8, 4) is 17.1 Å². The summed E-state index contributed by atoms with van der Waals surface area (Å²) in [6.07, 6.45) is 0. The highest BCUT2D eigenvalue weighted by atomic mass is 16.3. The lowest BCUT2D eigenvalue weighted by atomic mass is 10.0. The van der Waals surface area contributed by atoms with Crippen LogP contribution in [-0.4, -0.2) is 9.55 Å². The molecule has 0 fully saturated rings. The molecule has 0 aliphatic heterocycles. The predicted molar refractivity (Wildman–Crippen MR) is 186 cm³/mol. The number of nitrogens with zero attached hydrogens (tertiary/aromatic N) is 3. The van der Waals surface area contributed by atoms with Crippen molar-refractivity contribution in [3.05, 3.63) is 164 Å². The number of fused-ring (bicyclic) bond motifs is 6. The molecule has 0 N–H and O–H groups in total. The quantitative estimate of drug-likeness (QED) is 0.204. The van der Waals surface area contributed by atoms with E-state index in [4.69, 9.17) is 9.40 Å². The van der Waals surface area contributed by atoms with Crippen LogP contribution in [-0.2, 0) is 0 Å². The van der Waals surface area contributed by atoms with Crippen molar-refractivity contribution >= 4 is 60.7 Å². The SMILES string of the molecule is c1ccc(-c2nc3ccc4cccc(N(c5ccccc5)c5ccc(-n6c7ccccc7c7ccccc76)cc5)c4c3o2)cc1. The maximum Gasteiger partial charge on any atom is 0.227 e. The largest absolute Gasteiger partial charge is 0.435 e. The van der Waals surface area contributed by atoms with Crippen LogP contribution in [0.5, 0.6) is 0 Å². The first-order chi connectivity index (χ1) is 22.3. The number of aromatic nitrogens is 2. The Hall–Kier alpha value is -6.13. The molecule has 212 valence electrons. The molecule has 0 unspecified atom stereocenters. The van der Waals surface area contributed by atoms with Gasteiger partial charge in [0.2, 0.25) is 5.89 Å². The number of anilines is 3. The van der Waals surface area contributed by atoms with Gasteiger partial charge in [0.15, 0.2) is 5.58 Å². The summed E-state index contributed by atoms with van der Waals surface area (Å²) in [5, 5.41) is 4.63. The van der Waals surface area contributed by atoms with Gasteiger partial charge in [-0.3, -0.25) is 0 Å². The molecule has 45 heavy (non-hydrogen) atoms. The number of rotatable bonds is 5. The molecule has 0 aliphatic carbocycles. The fraction of sp³-hybridized carbons (Fsp3) is 0. The second-order valence-electron chi connectivity index (χ2n) is 11.2. The Kier molecular flexibility index (Phi) is 5.78. The normalized spacial score (nSPS) is 11.6. The summed E-state index contributed by atoms with van der Waals surface area (Å²) >= 11 is 0. The van der Waals surface area contributed by atoms with Gasteiger partial charge in [-0.25, -0.2) is 4.98 Å². The van der Waals surface area contributed by atoms with Crippen molar-refractivity contribution in [1.82, 2.24) is 9.55 Å². The molecule has 0 aliphatic rings. The third-order valence-corrected chi connectivity index (χ3v) is 8.60. The molecule has 9 aromatic rings. The van der Waals surface area contributed by atoms with Crippen molar-refractivity contribution < 1.29 is 4.42 Å². The lowest BCUT2D eigenvalue weighted by Crippen LogP contribution is -2.10. The first-order valence-electron chi connectivity index (χ1n) is 15.1. The maximum atomic E-state index is 6.54. The molecule has 0 amide bonds.